The number of aliphatic hydroxyl groups excluding tert-OH is 1. The van der Waals surface area contributed by atoms with Crippen LogP contribution in [0, 0.1) is 23.7 Å². The van der Waals surface area contributed by atoms with Crippen molar-refractivity contribution in [2.75, 3.05) is 25.6 Å². The molecule has 36 heavy (non-hydrogen) atoms. The van der Waals surface area contributed by atoms with Crippen LogP contribution in [-0.4, -0.2) is 70.1 Å². The zero-order chi connectivity index (χ0) is 26.2. The number of likely N-dealkylation sites (tertiary alicyclic amines) is 1. The van der Waals surface area contributed by atoms with Crippen molar-refractivity contribution in [2.45, 2.75) is 69.0 Å². The number of methoxy groups -OCH3 is 1. The predicted molar refractivity (Wildman–Crippen MR) is 141 cm³/mol. The Bertz CT molecular complexity index is 986. The van der Waals surface area contributed by atoms with Gasteiger partial charge in [0.15, 0.2) is 0 Å². The van der Waals surface area contributed by atoms with Crippen molar-refractivity contribution in [3.8, 4) is 5.75 Å². The number of amides is 3. The van der Waals surface area contributed by atoms with E-state index < -0.39 is 28.7 Å². The summed E-state index contributed by atoms with van der Waals surface area (Å²) >= 11 is 1.65. The van der Waals surface area contributed by atoms with Gasteiger partial charge in [-0.05, 0) is 55.4 Å². The highest BCUT2D eigenvalue weighted by molar-refractivity contribution is 8.02. The minimum Gasteiger partial charge on any atom is -0.497 e. The number of carbonyl (C=O) groups is 3. The summed E-state index contributed by atoms with van der Waals surface area (Å²) in [5, 5.41) is 16.4. The number of ether oxygens (including phenoxy) is 1. The maximum absolute atomic E-state index is 14.2. The summed E-state index contributed by atoms with van der Waals surface area (Å²) in [5.41, 5.74) is 0.611. The van der Waals surface area contributed by atoms with Crippen molar-refractivity contribution < 1.29 is 24.2 Å². The molecule has 9 heteroatoms. The highest BCUT2D eigenvalue weighted by atomic mass is 32.2. The Morgan fingerprint density at radius 3 is 2.53 bits per heavy atom. The van der Waals surface area contributed by atoms with Gasteiger partial charge in [-0.25, -0.2) is 0 Å². The van der Waals surface area contributed by atoms with Gasteiger partial charge in [0.05, 0.1) is 36.3 Å². The monoisotopic (exact) mass is 517 g/mol. The molecule has 0 aromatic heterocycles. The molecule has 3 saturated heterocycles. The molecule has 1 spiro atoms. The number of nitrogens with one attached hydrogen (secondary N) is 2. The first kappa shape index (κ1) is 26.8. The first-order valence-electron chi connectivity index (χ1n) is 13.0. The molecule has 1 aromatic carbocycles. The second-order valence-corrected chi connectivity index (χ2v) is 12.3. The summed E-state index contributed by atoms with van der Waals surface area (Å²) in [6.45, 7) is 8.51. The van der Waals surface area contributed by atoms with E-state index in [0.717, 1.165) is 12.8 Å². The number of benzene rings is 1. The lowest BCUT2D eigenvalue weighted by Gasteiger charge is -2.40. The lowest BCUT2D eigenvalue weighted by Crippen LogP contribution is -2.57. The summed E-state index contributed by atoms with van der Waals surface area (Å²) in [5.74, 6) is -0.611. The van der Waals surface area contributed by atoms with Gasteiger partial charge in [0.2, 0.25) is 17.7 Å². The lowest BCUT2D eigenvalue weighted by atomic mass is 9.66. The van der Waals surface area contributed by atoms with Crippen LogP contribution in [0.25, 0.3) is 0 Å². The molecule has 0 radical (unpaired) electrons. The van der Waals surface area contributed by atoms with Crippen LogP contribution in [0.3, 0.4) is 0 Å². The molecule has 3 fully saturated rings. The lowest BCUT2D eigenvalue weighted by molar-refractivity contribution is -0.142. The molecule has 198 valence electrons. The molecule has 3 unspecified atom stereocenters. The maximum atomic E-state index is 14.2. The second-order valence-electron chi connectivity index (χ2n) is 10.8. The van der Waals surface area contributed by atoms with Crippen LogP contribution in [0.2, 0.25) is 0 Å². The third-order valence-electron chi connectivity index (χ3n) is 7.99. The number of aliphatic hydroxyl groups is 1. The van der Waals surface area contributed by atoms with E-state index in [4.69, 9.17) is 4.74 Å². The number of hydrogen-bond donors (Lipinski definition) is 3. The van der Waals surface area contributed by atoms with E-state index in [0.29, 0.717) is 24.4 Å². The predicted octanol–water partition coefficient (Wildman–Crippen LogP) is 2.90. The molecule has 3 N–H and O–H groups in total. The van der Waals surface area contributed by atoms with Gasteiger partial charge in [-0.15, -0.1) is 11.8 Å². The van der Waals surface area contributed by atoms with Crippen LogP contribution < -0.4 is 15.4 Å². The van der Waals surface area contributed by atoms with Gasteiger partial charge in [-0.1, -0.05) is 27.7 Å². The van der Waals surface area contributed by atoms with Gasteiger partial charge >= 0.3 is 0 Å². The fraction of sp³-hybridized carbons (Fsp3) is 0.667. The standard InChI is InChI=1S/C27H39N3O5S/c1-6-11-28-24(32)21-20-13-16(4)27(36-20)22(21)26(34)30(18(14-31)12-15(2)3)23(27)25(33)29-17-7-9-19(35-5)10-8-17/h7-10,15-16,18,20-23,31H,6,11-14H2,1-5H3,(H,28,32)(H,29,33)/t16?,18-,20+,21-,22+,23?,27?/m1/s1. The third kappa shape index (κ3) is 4.38. The molecule has 7 atom stereocenters. The molecule has 3 aliphatic rings. The van der Waals surface area contributed by atoms with Crippen LogP contribution in [-0.2, 0) is 14.4 Å². The average Bonchev–Trinajstić information content (AvgIpc) is 3.45. The largest absolute Gasteiger partial charge is 0.497 e. The van der Waals surface area contributed by atoms with Gasteiger partial charge in [-0.3, -0.25) is 14.4 Å². The van der Waals surface area contributed by atoms with Crippen LogP contribution in [0.15, 0.2) is 24.3 Å². The molecular weight excluding hydrogens is 478 g/mol. The summed E-state index contributed by atoms with van der Waals surface area (Å²) in [6, 6.07) is 5.83. The van der Waals surface area contributed by atoms with E-state index >= 15 is 0 Å². The van der Waals surface area contributed by atoms with Crippen molar-refractivity contribution in [1.29, 1.82) is 0 Å². The van der Waals surface area contributed by atoms with Gasteiger partial charge in [0, 0.05) is 17.5 Å². The normalized spacial score (nSPS) is 31.5. The number of nitrogens with zero attached hydrogens (tertiary/aromatic N) is 1. The van der Waals surface area contributed by atoms with Gasteiger partial charge in [0.1, 0.15) is 11.8 Å². The van der Waals surface area contributed by atoms with E-state index in [1.54, 1.807) is 48.0 Å². The van der Waals surface area contributed by atoms with Crippen molar-refractivity contribution >= 4 is 35.2 Å². The van der Waals surface area contributed by atoms with Gasteiger partial charge in [0.25, 0.3) is 0 Å². The quantitative estimate of drug-likeness (QED) is 0.441. The number of hydrogen-bond acceptors (Lipinski definition) is 6. The molecule has 3 aliphatic heterocycles. The molecule has 3 amide bonds. The van der Waals surface area contributed by atoms with Crippen molar-refractivity contribution in [1.82, 2.24) is 10.2 Å². The molecule has 2 bridgehead atoms. The molecule has 3 heterocycles. The van der Waals surface area contributed by atoms with E-state index in [1.807, 2.05) is 20.8 Å². The molecule has 8 nitrogen and oxygen atoms in total. The average molecular weight is 518 g/mol. The summed E-state index contributed by atoms with van der Waals surface area (Å²) in [6.07, 6.45) is 2.18. The van der Waals surface area contributed by atoms with Crippen molar-refractivity contribution in [2.24, 2.45) is 23.7 Å². The summed E-state index contributed by atoms with van der Waals surface area (Å²) in [7, 11) is 1.58. The van der Waals surface area contributed by atoms with Crippen molar-refractivity contribution in [3.05, 3.63) is 24.3 Å². The zero-order valence-electron chi connectivity index (χ0n) is 21.8. The third-order valence-corrected chi connectivity index (χ3v) is 10.1. The number of rotatable bonds is 10. The summed E-state index contributed by atoms with van der Waals surface area (Å²) in [4.78, 5) is 43.1. The van der Waals surface area contributed by atoms with E-state index in [2.05, 4.69) is 17.6 Å². The minimum absolute atomic E-state index is 0.00178. The van der Waals surface area contributed by atoms with E-state index in [-0.39, 0.29) is 41.4 Å². The number of anilines is 1. The van der Waals surface area contributed by atoms with E-state index in [9.17, 15) is 19.5 Å². The Hall–Kier alpha value is -2.26. The Balaban J connectivity index is 1.74. The van der Waals surface area contributed by atoms with Crippen LogP contribution in [0.4, 0.5) is 5.69 Å². The highest BCUT2D eigenvalue weighted by Gasteiger charge is 2.76. The van der Waals surface area contributed by atoms with Crippen LogP contribution in [0.1, 0.15) is 47.0 Å². The minimum atomic E-state index is -0.776. The van der Waals surface area contributed by atoms with Gasteiger partial charge < -0.3 is 25.4 Å². The fourth-order valence-electron chi connectivity index (χ4n) is 6.52. The number of thioether (sulfide) groups is 1. The Kier molecular flexibility index (Phi) is 7.90. The first-order valence-corrected chi connectivity index (χ1v) is 13.9. The summed E-state index contributed by atoms with van der Waals surface area (Å²) < 4.78 is 4.51. The number of fused-ring (bicyclic) bond motifs is 1. The molecule has 0 saturated carbocycles. The fourth-order valence-corrected chi connectivity index (χ4v) is 8.93. The van der Waals surface area contributed by atoms with Gasteiger partial charge in [-0.2, -0.15) is 0 Å². The van der Waals surface area contributed by atoms with Crippen LogP contribution in [0.5, 0.6) is 5.75 Å². The first-order chi connectivity index (χ1) is 17.2. The molecule has 1 aromatic rings. The highest BCUT2D eigenvalue weighted by Crippen LogP contribution is 2.68. The SMILES string of the molecule is CCCNC(=O)[C@@H]1[C@@H]2CC(C)C3(S2)C(C(=O)Nc2ccc(OC)cc2)N([C@@H](CO)CC(C)C)C(=O)[C@H]13. The zero-order valence-corrected chi connectivity index (χ0v) is 22.6. The maximum Gasteiger partial charge on any atom is 0.248 e. The Labute approximate surface area is 217 Å². The van der Waals surface area contributed by atoms with Crippen LogP contribution >= 0.6 is 11.8 Å². The Morgan fingerprint density at radius 1 is 1.25 bits per heavy atom. The second kappa shape index (κ2) is 10.6. The smallest absolute Gasteiger partial charge is 0.248 e. The molecule has 4 rings (SSSR count). The molecular formula is C27H39N3O5S. The number of carbonyl (C=O) groups excluding carboxylic acids is 3. The topological polar surface area (TPSA) is 108 Å². The Morgan fingerprint density at radius 2 is 1.94 bits per heavy atom. The van der Waals surface area contributed by atoms with Crippen molar-refractivity contribution in [3.63, 3.8) is 0 Å². The molecule has 0 aliphatic carbocycles. The van der Waals surface area contributed by atoms with E-state index in [1.165, 1.54) is 0 Å².